The maximum absolute atomic E-state index is 5.66. The Hall–Kier alpha value is -2.01. The molecule has 0 fully saturated rings. The van der Waals surface area contributed by atoms with E-state index in [4.69, 9.17) is 13.9 Å². The number of aromatic nitrogens is 1. The van der Waals surface area contributed by atoms with Gasteiger partial charge in [0, 0.05) is 6.54 Å². The topological polar surface area (TPSA) is 56.5 Å². The van der Waals surface area contributed by atoms with Gasteiger partial charge in [-0.3, -0.25) is 0 Å². The van der Waals surface area contributed by atoms with E-state index in [1.165, 1.54) is 0 Å². The summed E-state index contributed by atoms with van der Waals surface area (Å²) in [7, 11) is 0. The second kappa shape index (κ2) is 5.32. The molecule has 0 unspecified atom stereocenters. The fourth-order valence-electron chi connectivity index (χ4n) is 2.01. The highest BCUT2D eigenvalue weighted by atomic mass is 16.6. The summed E-state index contributed by atoms with van der Waals surface area (Å²) in [5.74, 6) is 2.02. The first-order valence-electron chi connectivity index (χ1n) is 6.42. The molecule has 0 radical (unpaired) electrons. The van der Waals surface area contributed by atoms with Crippen molar-refractivity contribution in [1.82, 2.24) is 10.3 Å². The van der Waals surface area contributed by atoms with E-state index in [1.807, 2.05) is 18.2 Å². The maximum atomic E-state index is 5.66. The number of oxazole rings is 1. The molecule has 2 heterocycles. The predicted molar refractivity (Wildman–Crippen MR) is 70.3 cm³/mol. The molecule has 0 saturated carbocycles. The van der Waals surface area contributed by atoms with Crippen molar-refractivity contribution in [1.29, 1.82) is 0 Å². The molecule has 1 aromatic heterocycles. The van der Waals surface area contributed by atoms with E-state index in [9.17, 15) is 0 Å². The van der Waals surface area contributed by atoms with Crippen LogP contribution in [0.2, 0.25) is 0 Å². The molecule has 2 aromatic rings. The van der Waals surface area contributed by atoms with Crippen molar-refractivity contribution >= 4 is 0 Å². The Morgan fingerprint density at radius 3 is 3.05 bits per heavy atom. The van der Waals surface area contributed by atoms with Crippen LogP contribution < -0.4 is 14.8 Å². The molecule has 1 aliphatic heterocycles. The molecule has 3 rings (SSSR count). The van der Waals surface area contributed by atoms with Crippen molar-refractivity contribution in [3.8, 4) is 23.0 Å². The van der Waals surface area contributed by atoms with E-state index < -0.39 is 0 Å². The predicted octanol–water partition coefficient (Wildman–Crippen LogP) is 2.22. The summed E-state index contributed by atoms with van der Waals surface area (Å²) < 4.78 is 16.7. The molecule has 1 N–H and O–H groups in total. The van der Waals surface area contributed by atoms with E-state index in [2.05, 4.69) is 17.2 Å². The zero-order valence-electron chi connectivity index (χ0n) is 10.8. The lowest BCUT2D eigenvalue weighted by atomic mass is 10.1. The van der Waals surface area contributed by atoms with Crippen molar-refractivity contribution in [2.24, 2.45) is 0 Å². The number of nitrogens with zero attached hydrogens (tertiary/aromatic N) is 1. The van der Waals surface area contributed by atoms with Crippen LogP contribution in [-0.2, 0) is 6.54 Å². The molecule has 0 aliphatic carbocycles. The molecule has 1 aliphatic rings. The lowest BCUT2D eigenvalue weighted by Gasteiger charge is -2.19. The van der Waals surface area contributed by atoms with Crippen LogP contribution in [-0.4, -0.2) is 24.7 Å². The van der Waals surface area contributed by atoms with Crippen LogP contribution in [0.15, 0.2) is 28.9 Å². The first-order chi connectivity index (χ1) is 9.38. The normalized spacial score (nSPS) is 13.5. The van der Waals surface area contributed by atoms with Gasteiger partial charge in [0.15, 0.2) is 11.5 Å². The number of ether oxygens (including phenoxy) is 2. The molecule has 5 nitrogen and oxygen atoms in total. The first kappa shape index (κ1) is 12.0. The van der Waals surface area contributed by atoms with Crippen LogP contribution in [0.25, 0.3) is 11.5 Å². The Bertz CT molecular complexity index is 566. The Balaban J connectivity index is 1.91. The van der Waals surface area contributed by atoms with Crippen molar-refractivity contribution < 1.29 is 13.9 Å². The number of hydrogen-bond donors (Lipinski definition) is 1. The van der Waals surface area contributed by atoms with Crippen LogP contribution in [0.5, 0.6) is 11.5 Å². The number of hydrogen-bond acceptors (Lipinski definition) is 5. The minimum absolute atomic E-state index is 0.551. The SMILES string of the molecule is CCNCc1coc(-c2cccc3c2OCCO3)n1. The molecule has 0 amide bonds. The third kappa shape index (κ3) is 2.42. The van der Waals surface area contributed by atoms with Crippen LogP contribution in [0.1, 0.15) is 12.6 Å². The Labute approximate surface area is 111 Å². The molecule has 0 spiro atoms. The molecule has 100 valence electrons. The molecule has 1 aromatic carbocycles. The number of nitrogens with one attached hydrogen (secondary N) is 1. The Morgan fingerprint density at radius 2 is 2.16 bits per heavy atom. The fourth-order valence-corrected chi connectivity index (χ4v) is 2.01. The second-order valence-corrected chi connectivity index (χ2v) is 4.25. The summed E-state index contributed by atoms with van der Waals surface area (Å²) in [5.41, 5.74) is 1.71. The van der Waals surface area contributed by atoms with Crippen molar-refractivity contribution in [2.75, 3.05) is 19.8 Å². The first-order valence-corrected chi connectivity index (χ1v) is 6.42. The van der Waals surface area contributed by atoms with Crippen molar-refractivity contribution in [3.05, 3.63) is 30.2 Å². The van der Waals surface area contributed by atoms with E-state index in [-0.39, 0.29) is 0 Å². The summed E-state index contributed by atoms with van der Waals surface area (Å²) in [6, 6.07) is 5.73. The van der Waals surface area contributed by atoms with Gasteiger partial charge in [-0.1, -0.05) is 13.0 Å². The lowest BCUT2D eigenvalue weighted by Crippen LogP contribution is -2.15. The fraction of sp³-hybridized carbons (Fsp3) is 0.357. The highest BCUT2D eigenvalue weighted by molar-refractivity contribution is 5.68. The lowest BCUT2D eigenvalue weighted by molar-refractivity contribution is 0.172. The van der Waals surface area contributed by atoms with E-state index >= 15 is 0 Å². The van der Waals surface area contributed by atoms with Gasteiger partial charge in [-0.15, -0.1) is 0 Å². The van der Waals surface area contributed by atoms with Gasteiger partial charge in [-0.05, 0) is 18.7 Å². The van der Waals surface area contributed by atoms with Crippen LogP contribution >= 0.6 is 0 Å². The van der Waals surface area contributed by atoms with Gasteiger partial charge < -0.3 is 19.2 Å². The summed E-state index contributed by atoms with van der Waals surface area (Å²) in [6.07, 6.45) is 1.67. The summed E-state index contributed by atoms with van der Waals surface area (Å²) in [5, 5.41) is 3.21. The number of fused-ring (bicyclic) bond motifs is 1. The van der Waals surface area contributed by atoms with E-state index in [1.54, 1.807) is 6.26 Å². The third-order valence-electron chi connectivity index (χ3n) is 2.90. The molecule has 19 heavy (non-hydrogen) atoms. The van der Waals surface area contributed by atoms with Crippen molar-refractivity contribution in [2.45, 2.75) is 13.5 Å². The summed E-state index contributed by atoms with van der Waals surface area (Å²) in [6.45, 7) is 4.79. The van der Waals surface area contributed by atoms with E-state index in [0.29, 0.717) is 31.4 Å². The minimum atomic E-state index is 0.551. The molecular weight excluding hydrogens is 244 g/mol. The Morgan fingerprint density at radius 1 is 1.26 bits per heavy atom. The average molecular weight is 260 g/mol. The van der Waals surface area contributed by atoms with Gasteiger partial charge in [0.05, 0.1) is 11.3 Å². The number of para-hydroxylation sites is 1. The molecule has 0 bridgehead atoms. The number of rotatable bonds is 4. The third-order valence-corrected chi connectivity index (χ3v) is 2.90. The van der Waals surface area contributed by atoms with Crippen LogP contribution in [0.3, 0.4) is 0 Å². The standard InChI is InChI=1S/C14H16N2O3/c1-2-15-8-10-9-19-14(16-10)11-4-3-5-12-13(11)18-7-6-17-12/h3-5,9,15H,2,6-8H2,1H3. The largest absolute Gasteiger partial charge is 0.486 e. The van der Waals surface area contributed by atoms with Gasteiger partial charge in [-0.25, -0.2) is 4.98 Å². The quantitative estimate of drug-likeness (QED) is 0.913. The monoisotopic (exact) mass is 260 g/mol. The smallest absolute Gasteiger partial charge is 0.230 e. The zero-order valence-corrected chi connectivity index (χ0v) is 10.8. The molecule has 0 saturated heterocycles. The highest BCUT2D eigenvalue weighted by Gasteiger charge is 2.19. The number of benzene rings is 1. The van der Waals surface area contributed by atoms with Gasteiger partial charge in [0.2, 0.25) is 5.89 Å². The summed E-state index contributed by atoms with van der Waals surface area (Å²) in [4.78, 5) is 4.46. The zero-order chi connectivity index (χ0) is 13.1. The van der Waals surface area contributed by atoms with E-state index in [0.717, 1.165) is 23.6 Å². The van der Waals surface area contributed by atoms with Crippen molar-refractivity contribution in [3.63, 3.8) is 0 Å². The van der Waals surface area contributed by atoms with Crippen LogP contribution in [0, 0.1) is 0 Å². The van der Waals surface area contributed by atoms with Gasteiger partial charge in [0.25, 0.3) is 0 Å². The molecule has 5 heteroatoms. The second-order valence-electron chi connectivity index (χ2n) is 4.25. The van der Waals surface area contributed by atoms with Gasteiger partial charge in [-0.2, -0.15) is 0 Å². The maximum Gasteiger partial charge on any atom is 0.230 e. The minimum Gasteiger partial charge on any atom is -0.486 e. The average Bonchev–Trinajstić information content (AvgIpc) is 2.93. The molecular formula is C14H16N2O3. The summed E-state index contributed by atoms with van der Waals surface area (Å²) >= 11 is 0. The molecule has 0 atom stereocenters. The van der Waals surface area contributed by atoms with Gasteiger partial charge in [0.1, 0.15) is 19.5 Å². The highest BCUT2D eigenvalue weighted by Crippen LogP contribution is 2.39. The Kier molecular flexibility index (Phi) is 3.37. The van der Waals surface area contributed by atoms with Gasteiger partial charge >= 0.3 is 0 Å². The van der Waals surface area contributed by atoms with Crippen LogP contribution in [0.4, 0.5) is 0 Å².